The lowest BCUT2D eigenvalue weighted by Gasteiger charge is -2.40. The molecule has 0 amide bonds. The topological polar surface area (TPSA) is 40.5 Å². The molecule has 0 bridgehead atoms. The maximum Gasteiger partial charge on any atom is 0.124 e. The quantitative estimate of drug-likeness (QED) is 0.209. The summed E-state index contributed by atoms with van der Waals surface area (Å²) in [6.07, 6.45) is 25.2. The smallest absolute Gasteiger partial charge is 0.124 e. The van der Waals surface area contributed by atoms with Gasteiger partial charge in [-0.25, -0.2) is 0 Å². The average Bonchev–Trinajstić information content (AvgIpc) is 4.10. The van der Waals surface area contributed by atoms with Crippen LogP contribution in [0.2, 0.25) is 0 Å². The summed E-state index contributed by atoms with van der Waals surface area (Å²) in [4.78, 5) is 0. The molecule has 0 radical (unpaired) electrons. The van der Waals surface area contributed by atoms with Gasteiger partial charge in [0.25, 0.3) is 0 Å². The van der Waals surface area contributed by atoms with Crippen LogP contribution in [0.5, 0.6) is 11.5 Å². The molecule has 7 saturated carbocycles. The predicted molar refractivity (Wildman–Crippen MR) is 221 cm³/mol. The number of allylic oxidation sites excluding steroid dienone is 2. The summed E-state index contributed by atoms with van der Waals surface area (Å²) in [5.41, 5.74) is 6.58. The van der Waals surface area contributed by atoms with Gasteiger partial charge in [-0.15, -0.1) is 0 Å². The molecular formula is C52H60O2. The second kappa shape index (κ2) is 12.1. The minimum atomic E-state index is 0.232. The van der Waals surface area contributed by atoms with Crippen molar-refractivity contribution in [1.29, 1.82) is 0 Å². The summed E-state index contributed by atoms with van der Waals surface area (Å²) >= 11 is 0. The summed E-state index contributed by atoms with van der Waals surface area (Å²) in [7, 11) is 0. The Bertz CT molecular complexity index is 2150. The molecule has 0 aliphatic heterocycles. The van der Waals surface area contributed by atoms with Crippen LogP contribution in [0.4, 0.5) is 0 Å². The Morgan fingerprint density at radius 1 is 0.574 bits per heavy atom. The lowest BCUT2D eigenvalue weighted by Crippen LogP contribution is -2.29. The summed E-state index contributed by atoms with van der Waals surface area (Å²) in [5.74, 6) is 12.6. The van der Waals surface area contributed by atoms with Gasteiger partial charge in [-0.05, 0) is 236 Å². The van der Waals surface area contributed by atoms with Gasteiger partial charge in [0, 0.05) is 11.1 Å². The van der Waals surface area contributed by atoms with Gasteiger partial charge in [-0.1, -0.05) is 55.5 Å². The van der Waals surface area contributed by atoms with Crippen molar-refractivity contribution >= 4 is 27.1 Å². The van der Waals surface area contributed by atoms with Crippen molar-refractivity contribution in [1.82, 2.24) is 0 Å². The average molecular weight is 717 g/mol. The molecule has 0 heterocycles. The Hall–Kier alpha value is -3.26. The first kappa shape index (κ1) is 32.9. The van der Waals surface area contributed by atoms with Crippen LogP contribution in [0.15, 0.2) is 66.7 Å². The molecule has 2 N–H and O–H groups in total. The number of hydrogen-bond acceptors (Lipinski definition) is 2. The fourth-order valence-corrected chi connectivity index (χ4v) is 14.9. The van der Waals surface area contributed by atoms with Crippen LogP contribution in [0, 0.1) is 70.5 Å². The Labute approximate surface area is 322 Å². The van der Waals surface area contributed by atoms with Crippen LogP contribution >= 0.6 is 0 Å². The lowest BCUT2D eigenvalue weighted by molar-refractivity contribution is 0.115. The van der Waals surface area contributed by atoms with Gasteiger partial charge in [0.15, 0.2) is 0 Å². The summed E-state index contributed by atoms with van der Waals surface area (Å²) in [6, 6.07) is 21.5. The fourth-order valence-electron chi connectivity index (χ4n) is 14.9. The minimum absolute atomic E-state index is 0.232. The minimum Gasteiger partial charge on any atom is -0.507 e. The third kappa shape index (κ3) is 5.16. The third-order valence-corrected chi connectivity index (χ3v) is 18.3. The Morgan fingerprint density at radius 2 is 1.17 bits per heavy atom. The van der Waals surface area contributed by atoms with Gasteiger partial charge in [-0.3, -0.25) is 0 Å². The van der Waals surface area contributed by atoms with E-state index >= 15 is 0 Å². The van der Waals surface area contributed by atoms with Gasteiger partial charge < -0.3 is 10.2 Å². The van der Waals surface area contributed by atoms with E-state index in [1.807, 2.05) is 12.1 Å². The lowest BCUT2D eigenvalue weighted by atomic mass is 9.65. The predicted octanol–water partition coefficient (Wildman–Crippen LogP) is 13.7. The third-order valence-electron chi connectivity index (χ3n) is 18.3. The molecule has 4 aromatic carbocycles. The van der Waals surface area contributed by atoms with E-state index < -0.39 is 0 Å². The normalized spacial score (nSPS) is 40.6. The molecule has 5 atom stereocenters. The maximum atomic E-state index is 11.4. The standard InChI is InChI=1S/C52H60O2/c1-29-50-51(29)52(50)24-22-35(23-25-52)32-4-8-34(9-5-32)38-15-19-42-40(27-38)17-21-46(54)49(42)48-41-18-14-37(26-39(41)16-20-45(48)53)33-6-2-30(3-7-33)31-10-12-36(13-11-31)47-43-28-44(43)47/h6,14-21,26-27,29-32,34-36,43-44,47,50-51,53-54H,2-5,7-13,22-25,28H2,1H3/t29?,30?,31-,32?,34?,35?,36-,43?,44?,47?,50?,51?,52?. The number of phenols is 2. The summed E-state index contributed by atoms with van der Waals surface area (Å²) in [5, 5.41) is 27.1. The van der Waals surface area contributed by atoms with Gasteiger partial charge >= 0.3 is 0 Å². The monoisotopic (exact) mass is 716 g/mol. The van der Waals surface area contributed by atoms with Crippen molar-refractivity contribution in [2.75, 3.05) is 0 Å². The van der Waals surface area contributed by atoms with Crippen LogP contribution in [-0.4, -0.2) is 10.2 Å². The van der Waals surface area contributed by atoms with E-state index in [1.54, 1.807) is 6.42 Å². The number of phenolic OH excluding ortho intramolecular Hbond substituents is 2. The van der Waals surface area contributed by atoms with Crippen LogP contribution in [-0.2, 0) is 0 Å². The number of benzene rings is 4. The Morgan fingerprint density at radius 3 is 1.78 bits per heavy atom. The first-order valence-electron chi connectivity index (χ1n) is 22.7. The molecule has 0 saturated heterocycles. The zero-order valence-corrected chi connectivity index (χ0v) is 32.5. The highest BCUT2D eigenvalue weighted by Gasteiger charge is 2.80. The van der Waals surface area contributed by atoms with Crippen molar-refractivity contribution in [3.63, 3.8) is 0 Å². The van der Waals surface area contributed by atoms with Gasteiger partial charge in [-0.2, -0.15) is 0 Å². The van der Waals surface area contributed by atoms with E-state index in [0.717, 1.165) is 103 Å². The number of fused-ring (bicyclic) bond motifs is 6. The first-order valence-corrected chi connectivity index (χ1v) is 22.7. The Kier molecular flexibility index (Phi) is 7.39. The van der Waals surface area contributed by atoms with E-state index in [9.17, 15) is 10.2 Å². The van der Waals surface area contributed by atoms with Gasteiger partial charge in [0.1, 0.15) is 11.5 Å². The molecule has 7 fully saturated rings. The molecule has 54 heavy (non-hydrogen) atoms. The number of rotatable bonds is 6. The highest BCUT2D eigenvalue weighted by molar-refractivity contribution is 6.10. The second-order valence-electron chi connectivity index (χ2n) is 20.5. The van der Waals surface area contributed by atoms with Crippen molar-refractivity contribution in [2.45, 2.75) is 116 Å². The van der Waals surface area contributed by atoms with E-state index in [2.05, 4.69) is 61.5 Å². The van der Waals surface area contributed by atoms with Crippen LogP contribution in [0.1, 0.15) is 127 Å². The molecule has 0 aromatic heterocycles. The zero-order chi connectivity index (χ0) is 35.9. The number of aromatic hydroxyl groups is 2. The largest absolute Gasteiger partial charge is 0.507 e. The van der Waals surface area contributed by atoms with Crippen molar-refractivity contribution in [3.05, 3.63) is 77.9 Å². The fraction of sp³-hybridized carbons (Fsp3) is 0.577. The summed E-state index contributed by atoms with van der Waals surface area (Å²) in [6.45, 7) is 2.48. The van der Waals surface area contributed by atoms with E-state index in [4.69, 9.17) is 0 Å². The molecule has 8 aliphatic carbocycles. The Balaban J connectivity index is 0.748. The van der Waals surface area contributed by atoms with Crippen molar-refractivity contribution in [3.8, 4) is 22.6 Å². The van der Waals surface area contributed by atoms with Crippen LogP contribution in [0.3, 0.4) is 0 Å². The highest BCUT2D eigenvalue weighted by Crippen LogP contribution is 2.85. The van der Waals surface area contributed by atoms with E-state index in [0.29, 0.717) is 5.92 Å². The molecule has 2 heteroatoms. The van der Waals surface area contributed by atoms with Gasteiger partial charge in [0.2, 0.25) is 0 Å². The molecule has 12 rings (SSSR count). The van der Waals surface area contributed by atoms with Crippen LogP contribution < -0.4 is 0 Å². The van der Waals surface area contributed by atoms with Crippen molar-refractivity contribution < 1.29 is 10.2 Å². The molecule has 8 aliphatic rings. The highest BCUT2D eigenvalue weighted by atomic mass is 16.3. The molecule has 1 spiro atoms. The number of hydrogen-bond donors (Lipinski definition) is 2. The molecule has 280 valence electrons. The SMILES string of the molecule is CC1C2C1C21CCC(C2CCC(c3ccc4c(-c5c(O)ccc6cc(C7=CCC([C@H]8CC[C@H](C9C%10CC%109)CC8)CC7)ccc56)c(O)ccc4c3)CC2)CC1. The van der Waals surface area contributed by atoms with Gasteiger partial charge in [0.05, 0.1) is 0 Å². The molecule has 2 nitrogen and oxygen atoms in total. The first-order chi connectivity index (χ1) is 26.4. The zero-order valence-electron chi connectivity index (χ0n) is 32.5. The molecular weight excluding hydrogens is 657 g/mol. The molecule has 4 aromatic rings. The maximum absolute atomic E-state index is 11.4. The van der Waals surface area contributed by atoms with Crippen molar-refractivity contribution in [2.24, 2.45) is 70.5 Å². The van der Waals surface area contributed by atoms with Crippen LogP contribution in [0.25, 0.3) is 38.2 Å². The summed E-state index contributed by atoms with van der Waals surface area (Å²) < 4.78 is 0. The second-order valence-corrected chi connectivity index (χ2v) is 20.5. The van der Waals surface area contributed by atoms with E-state index in [1.165, 1.54) is 113 Å². The van der Waals surface area contributed by atoms with E-state index in [-0.39, 0.29) is 11.5 Å². The molecule has 5 unspecified atom stereocenters.